The first-order valence-electron chi connectivity index (χ1n) is 8.03. The van der Waals surface area contributed by atoms with Crippen LogP contribution in [0.5, 0.6) is 0 Å². The van der Waals surface area contributed by atoms with E-state index in [9.17, 15) is 10.1 Å². The van der Waals surface area contributed by atoms with E-state index in [1.807, 2.05) is 12.1 Å². The van der Waals surface area contributed by atoms with Gasteiger partial charge in [0.15, 0.2) is 0 Å². The summed E-state index contributed by atoms with van der Waals surface area (Å²) in [5.74, 6) is 0.310. The number of para-hydroxylation sites is 1. The number of benzene rings is 2. The molecule has 0 saturated heterocycles. The van der Waals surface area contributed by atoms with E-state index in [0.29, 0.717) is 33.8 Å². The van der Waals surface area contributed by atoms with E-state index >= 15 is 0 Å². The van der Waals surface area contributed by atoms with Crippen LogP contribution in [0.15, 0.2) is 54.7 Å². The summed E-state index contributed by atoms with van der Waals surface area (Å²) in [5.41, 5.74) is 1.97. The number of aromatic nitrogens is 6. The maximum absolute atomic E-state index is 10.7. The Morgan fingerprint density at radius 1 is 1.07 bits per heavy atom. The van der Waals surface area contributed by atoms with Gasteiger partial charge >= 0.3 is 0 Å². The predicted octanol–water partition coefficient (Wildman–Crippen LogP) is 3.79. The van der Waals surface area contributed by atoms with Crippen LogP contribution in [0.4, 0.5) is 5.69 Å². The van der Waals surface area contributed by atoms with Crippen molar-refractivity contribution in [2.75, 3.05) is 0 Å². The smallest absolute Gasteiger partial charge is 0.258 e. The summed E-state index contributed by atoms with van der Waals surface area (Å²) in [6.07, 6.45) is 1.54. The van der Waals surface area contributed by atoms with Gasteiger partial charge in [0.1, 0.15) is 5.15 Å². The molecule has 0 aliphatic heterocycles. The molecule has 0 aliphatic rings. The first-order valence-corrected chi connectivity index (χ1v) is 8.78. The Hall–Kier alpha value is -3.30. The number of nitro groups is 1. The lowest BCUT2D eigenvalue weighted by molar-refractivity contribution is -0.384. The summed E-state index contributed by atoms with van der Waals surface area (Å²) in [7, 11) is 0. The third-order valence-corrected chi connectivity index (χ3v) is 4.64. The highest BCUT2D eigenvalue weighted by Crippen LogP contribution is 2.29. The molecule has 0 bridgehead atoms. The second-order valence-electron chi connectivity index (χ2n) is 5.78. The zero-order chi connectivity index (χ0) is 19.7. The minimum Gasteiger partial charge on any atom is -0.258 e. The van der Waals surface area contributed by atoms with Gasteiger partial charge < -0.3 is 0 Å². The van der Waals surface area contributed by atoms with Crippen LogP contribution >= 0.6 is 23.2 Å². The molecule has 11 heteroatoms. The van der Waals surface area contributed by atoms with Crippen molar-refractivity contribution in [3.05, 3.63) is 80.6 Å². The van der Waals surface area contributed by atoms with Crippen molar-refractivity contribution in [3.63, 3.8) is 0 Å². The van der Waals surface area contributed by atoms with Crippen LogP contribution in [0, 0.1) is 10.1 Å². The first-order chi connectivity index (χ1) is 13.5. The molecule has 2 aromatic carbocycles. The molecule has 0 fully saturated rings. The fraction of sp³-hybridized carbons (Fsp3) is 0.0588. The molecule has 0 atom stereocenters. The highest BCUT2D eigenvalue weighted by molar-refractivity contribution is 6.34. The molecule has 0 aliphatic carbocycles. The summed E-state index contributed by atoms with van der Waals surface area (Å²) < 4.78 is 1.50. The molecule has 9 nitrogen and oxygen atoms in total. The fourth-order valence-electron chi connectivity index (χ4n) is 2.58. The zero-order valence-electron chi connectivity index (χ0n) is 14.1. The maximum Gasteiger partial charge on any atom is 0.269 e. The fourth-order valence-corrected chi connectivity index (χ4v) is 3.06. The largest absolute Gasteiger partial charge is 0.269 e. The number of non-ortho nitro benzene ring substituents is 1. The Morgan fingerprint density at radius 2 is 1.82 bits per heavy atom. The average Bonchev–Trinajstić information content (AvgIpc) is 3.29. The Balaban J connectivity index is 1.58. The molecule has 140 valence electrons. The average molecular weight is 416 g/mol. The molecule has 4 aromatic rings. The monoisotopic (exact) mass is 415 g/mol. The Labute approximate surface area is 168 Å². The third-order valence-electron chi connectivity index (χ3n) is 3.96. The van der Waals surface area contributed by atoms with Crippen molar-refractivity contribution < 1.29 is 4.92 Å². The Kier molecular flexibility index (Phi) is 4.76. The molecule has 2 aromatic heterocycles. The van der Waals surface area contributed by atoms with Gasteiger partial charge in [-0.1, -0.05) is 47.5 Å². The first kappa shape index (κ1) is 18.1. The van der Waals surface area contributed by atoms with E-state index in [1.165, 1.54) is 21.6 Å². The molecule has 2 heterocycles. The molecule has 0 N–H and O–H groups in total. The number of hydrogen-bond acceptors (Lipinski definition) is 6. The minimum absolute atomic E-state index is 0.0229. The summed E-state index contributed by atoms with van der Waals surface area (Å²) in [4.78, 5) is 11.6. The quantitative estimate of drug-likeness (QED) is 0.362. The van der Waals surface area contributed by atoms with Crippen LogP contribution in [0.25, 0.3) is 17.1 Å². The molecule has 0 saturated carbocycles. The van der Waals surface area contributed by atoms with Crippen molar-refractivity contribution >= 4 is 28.9 Å². The third kappa shape index (κ3) is 3.45. The summed E-state index contributed by atoms with van der Waals surface area (Å²) >= 11 is 12.6. The molecule has 4 rings (SSSR count). The van der Waals surface area contributed by atoms with E-state index in [4.69, 9.17) is 23.2 Å². The van der Waals surface area contributed by atoms with Crippen molar-refractivity contribution in [1.82, 2.24) is 30.0 Å². The van der Waals surface area contributed by atoms with E-state index in [2.05, 4.69) is 20.5 Å². The SMILES string of the molecule is O=[N+]([O-])c1ccc(Cn2nnc(-c3cnn(-c4ccccc4Cl)c3Cl)n2)cc1. The highest BCUT2D eigenvalue weighted by atomic mass is 35.5. The highest BCUT2D eigenvalue weighted by Gasteiger charge is 2.17. The molecule has 0 unspecified atom stereocenters. The molecule has 0 radical (unpaired) electrons. The van der Waals surface area contributed by atoms with Gasteiger partial charge in [-0.15, -0.1) is 10.2 Å². The van der Waals surface area contributed by atoms with Crippen molar-refractivity contribution in [3.8, 4) is 17.1 Å². The number of hydrogen-bond donors (Lipinski definition) is 0. The summed E-state index contributed by atoms with van der Waals surface area (Å²) in [6.45, 7) is 0.307. The van der Waals surface area contributed by atoms with E-state index in [0.717, 1.165) is 5.56 Å². The van der Waals surface area contributed by atoms with Gasteiger partial charge in [0.25, 0.3) is 5.69 Å². The number of nitrogens with zero attached hydrogens (tertiary/aromatic N) is 7. The summed E-state index contributed by atoms with van der Waals surface area (Å²) in [6, 6.07) is 13.3. The van der Waals surface area contributed by atoms with Gasteiger partial charge in [0.05, 0.1) is 33.9 Å². The number of halogens is 2. The van der Waals surface area contributed by atoms with Crippen LogP contribution in [-0.2, 0) is 6.54 Å². The van der Waals surface area contributed by atoms with E-state index in [-0.39, 0.29) is 5.69 Å². The standard InChI is InChI=1S/C17H11Cl2N7O2/c18-14-3-1-2-4-15(14)25-16(19)13(9-20-25)17-21-23-24(22-17)10-11-5-7-12(8-6-11)26(27)28/h1-9H,10H2. The van der Waals surface area contributed by atoms with Crippen LogP contribution in [0.1, 0.15) is 5.56 Å². The van der Waals surface area contributed by atoms with Gasteiger partial charge in [0, 0.05) is 12.1 Å². The van der Waals surface area contributed by atoms with Crippen molar-refractivity contribution in [1.29, 1.82) is 0 Å². The van der Waals surface area contributed by atoms with Crippen molar-refractivity contribution in [2.45, 2.75) is 6.54 Å². The van der Waals surface area contributed by atoms with E-state index in [1.54, 1.807) is 30.5 Å². The zero-order valence-corrected chi connectivity index (χ0v) is 15.6. The number of nitro benzene ring substituents is 1. The van der Waals surface area contributed by atoms with Gasteiger partial charge in [-0.05, 0) is 22.9 Å². The lowest BCUT2D eigenvalue weighted by Crippen LogP contribution is -2.04. The van der Waals surface area contributed by atoms with Gasteiger partial charge in [-0.25, -0.2) is 4.68 Å². The van der Waals surface area contributed by atoms with Crippen LogP contribution in [0.2, 0.25) is 10.2 Å². The Bertz CT molecular complexity index is 1150. The second-order valence-corrected chi connectivity index (χ2v) is 6.54. The van der Waals surface area contributed by atoms with Gasteiger partial charge in [-0.2, -0.15) is 9.90 Å². The van der Waals surface area contributed by atoms with Crippen LogP contribution in [-0.4, -0.2) is 34.9 Å². The molecule has 0 spiro atoms. The van der Waals surface area contributed by atoms with E-state index < -0.39 is 4.92 Å². The topological polar surface area (TPSA) is 105 Å². The molecule has 28 heavy (non-hydrogen) atoms. The van der Waals surface area contributed by atoms with Gasteiger partial charge in [-0.3, -0.25) is 10.1 Å². The number of rotatable bonds is 5. The lowest BCUT2D eigenvalue weighted by atomic mass is 10.2. The summed E-state index contributed by atoms with van der Waals surface area (Å²) in [5, 5.41) is 28.1. The number of tetrazole rings is 1. The maximum atomic E-state index is 10.7. The predicted molar refractivity (Wildman–Crippen MR) is 103 cm³/mol. The van der Waals surface area contributed by atoms with Crippen LogP contribution in [0.3, 0.4) is 0 Å². The second kappa shape index (κ2) is 7.37. The minimum atomic E-state index is -0.450. The molecule has 0 amide bonds. The molecular weight excluding hydrogens is 405 g/mol. The van der Waals surface area contributed by atoms with Crippen molar-refractivity contribution in [2.24, 2.45) is 0 Å². The molecular formula is C17H11Cl2N7O2. The van der Waals surface area contributed by atoms with Gasteiger partial charge in [0.2, 0.25) is 5.82 Å². The van der Waals surface area contributed by atoms with Crippen LogP contribution < -0.4 is 0 Å². The Morgan fingerprint density at radius 3 is 2.54 bits per heavy atom. The normalized spacial score (nSPS) is 10.9. The lowest BCUT2D eigenvalue weighted by Gasteiger charge is -2.05.